The van der Waals surface area contributed by atoms with Crippen LogP contribution in [0.3, 0.4) is 0 Å². The van der Waals surface area contributed by atoms with Crippen molar-refractivity contribution in [1.82, 2.24) is 4.98 Å². The van der Waals surface area contributed by atoms with Gasteiger partial charge in [-0.25, -0.2) is 4.98 Å². The van der Waals surface area contributed by atoms with Crippen LogP contribution >= 0.6 is 11.3 Å². The van der Waals surface area contributed by atoms with E-state index in [0.717, 1.165) is 10.7 Å². The van der Waals surface area contributed by atoms with Gasteiger partial charge in [0.25, 0.3) is 0 Å². The number of hydrogen-bond acceptors (Lipinski definition) is 3. The van der Waals surface area contributed by atoms with Gasteiger partial charge in [-0.2, -0.15) is 0 Å². The summed E-state index contributed by atoms with van der Waals surface area (Å²) in [7, 11) is 0. The van der Waals surface area contributed by atoms with E-state index in [0.29, 0.717) is 0 Å². The molecule has 0 saturated carbocycles. The lowest BCUT2D eigenvalue weighted by Crippen LogP contribution is -1.92. The number of aryl methyl sites for hydroxylation is 2. The van der Waals surface area contributed by atoms with Crippen LogP contribution in [-0.2, 0) is 6.61 Å². The quantitative estimate of drug-likeness (QED) is 0.880. The summed E-state index contributed by atoms with van der Waals surface area (Å²) in [5.41, 5.74) is 6.10. The first-order valence-corrected chi connectivity index (χ1v) is 6.50. The van der Waals surface area contributed by atoms with Gasteiger partial charge in [0.1, 0.15) is 5.01 Å². The third-order valence-corrected chi connectivity index (χ3v) is 4.24. The average molecular weight is 247 g/mol. The van der Waals surface area contributed by atoms with Gasteiger partial charge >= 0.3 is 0 Å². The summed E-state index contributed by atoms with van der Waals surface area (Å²) < 4.78 is 0. The summed E-state index contributed by atoms with van der Waals surface area (Å²) in [5, 5.41) is 9.93. The van der Waals surface area contributed by atoms with Gasteiger partial charge in [0, 0.05) is 10.4 Å². The van der Waals surface area contributed by atoms with Gasteiger partial charge in [-0.3, -0.25) is 0 Å². The van der Waals surface area contributed by atoms with Crippen LogP contribution in [0.25, 0.3) is 11.3 Å². The second-order valence-electron chi connectivity index (χ2n) is 4.35. The molecule has 1 aromatic heterocycles. The molecule has 0 saturated heterocycles. The molecule has 2 aromatic rings. The Labute approximate surface area is 106 Å². The standard InChI is InChI=1S/C14H17NOS/c1-8-5-6-12(10(3)9(8)2)14-11(4)17-13(7-16)15-14/h5-6,16H,7H2,1-4H3. The largest absolute Gasteiger partial charge is 0.389 e. The maximum atomic E-state index is 9.14. The van der Waals surface area contributed by atoms with E-state index in [2.05, 4.69) is 44.8 Å². The maximum absolute atomic E-state index is 9.14. The van der Waals surface area contributed by atoms with Gasteiger partial charge in [-0.05, 0) is 44.4 Å². The molecule has 0 spiro atoms. The molecule has 1 aromatic carbocycles. The van der Waals surface area contributed by atoms with E-state index in [4.69, 9.17) is 5.11 Å². The number of rotatable bonds is 2. The van der Waals surface area contributed by atoms with Crippen molar-refractivity contribution in [3.05, 3.63) is 38.7 Å². The molecule has 2 nitrogen and oxygen atoms in total. The molecule has 0 aliphatic heterocycles. The number of thiazole rings is 1. The lowest BCUT2D eigenvalue weighted by molar-refractivity contribution is 0.281. The smallest absolute Gasteiger partial charge is 0.119 e. The van der Waals surface area contributed by atoms with Crippen LogP contribution in [0, 0.1) is 27.7 Å². The van der Waals surface area contributed by atoms with Gasteiger partial charge in [-0.15, -0.1) is 11.3 Å². The van der Waals surface area contributed by atoms with Crippen LogP contribution < -0.4 is 0 Å². The predicted molar refractivity (Wildman–Crippen MR) is 72.4 cm³/mol. The second kappa shape index (κ2) is 4.59. The molecule has 2 rings (SSSR count). The Bertz CT molecular complexity index is 558. The van der Waals surface area contributed by atoms with Crippen molar-refractivity contribution in [2.24, 2.45) is 0 Å². The predicted octanol–water partition coefficient (Wildman–Crippen LogP) is 3.54. The van der Waals surface area contributed by atoms with E-state index in [1.54, 1.807) is 11.3 Å². The first kappa shape index (κ1) is 12.3. The van der Waals surface area contributed by atoms with E-state index in [1.807, 2.05) is 0 Å². The van der Waals surface area contributed by atoms with Crippen LogP contribution in [0.15, 0.2) is 12.1 Å². The lowest BCUT2D eigenvalue weighted by atomic mass is 9.97. The van der Waals surface area contributed by atoms with Crippen molar-refractivity contribution in [3.8, 4) is 11.3 Å². The second-order valence-corrected chi connectivity index (χ2v) is 5.64. The Balaban J connectivity index is 2.60. The number of nitrogens with zero attached hydrogens (tertiary/aromatic N) is 1. The molecule has 0 radical (unpaired) electrons. The molecule has 1 heterocycles. The van der Waals surface area contributed by atoms with Crippen molar-refractivity contribution in [1.29, 1.82) is 0 Å². The summed E-state index contributed by atoms with van der Waals surface area (Å²) in [5.74, 6) is 0. The monoisotopic (exact) mass is 247 g/mol. The zero-order valence-electron chi connectivity index (χ0n) is 10.7. The van der Waals surface area contributed by atoms with Crippen molar-refractivity contribution < 1.29 is 5.11 Å². The van der Waals surface area contributed by atoms with E-state index < -0.39 is 0 Å². The summed E-state index contributed by atoms with van der Waals surface area (Å²) in [4.78, 5) is 5.67. The summed E-state index contributed by atoms with van der Waals surface area (Å²) in [6.45, 7) is 8.48. The minimum Gasteiger partial charge on any atom is -0.389 e. The van der Waals surface area contributed by atoms with Gasteiger partial charge in [0.15, 0.2) is 0 Å². The van der Waals surface area contributed by atoms with Crippen LogP contribution in [-0.4, -0.2) is 10.1 Å². The molecular weight excluding hydrogens is 230 g/mol. The Kier molecular flexibility index (Phi) is 3.31. The third-order valence-electron chi connectivity index (χ3n) is 3.29. The molecule has 0 atom stereocenters. The minimum absolute atomic E-state index is 0.0232. The van der Waals surface area contributed by atoms with E-state index in [-0.39, 0.29) is 6.61 Å². The molecule has 0 amide bonds. The van der Waals surface area contributed by atoms with E-state index in [1.165, 1.54) is 27.1 Å². The number of aliphatic hydroxyl groups is 1. The van der Waals surface area contributed by atoms with Gasteiger partial charge < -0.3 is 5.11 Å². The summed E-state index contributed by atoms with van der Waals surface area (Å²) >= 11 is 1.57. The van der Waals surface area contributed by atoms with Crippen molar-refractivity contribution in [2.75, 3.05) is 0 Å². The molecular formula is C14H17NOS. The normalized spacial score (nSPS) is 10.9. The highest BCUT2D eigenvalue weighted by Gasteiger charge is 2.13. The maximum Gasteiger partial charge on any atom is 0.119 e. The fraction of sp³-hybridized carbons (Fsp3) is 0.357. The first-order chi connectivity index (χ1) is 8.04. The van der Waals surface area contributed by atoms with Crippen molar-refractivity contribution >= 4 is 11.3 Å². The van der Waals surface area contributed by atoms with Crippen LogP contribution in [0.2, 0.25) is 0 Å². The molecule has 90 valence electrons. The lowest BCUT2D eigenvalue weighted by Gasteiger charge is -2.10. The Morgan fingerprint density at radius 1 is 1.12 bits per heavy atom. The zero-order valence-corrected chi connectivity index (χ0v) is 11.5. The van der Waals surface area contributed by atoms with E-state index >= 15 is 0 Å². The Morgan fingerprint density at radius 3 is 2.41 bits per heavy atom. The highest BCUT2D eigenvalue weighted by molar-refractivity contribution is 7.12. The SMILES string of the molecule is Cc1ccc(-c2nc(CO)sc2C)c(C)c1C. The van der Waals surface area contributed by atoms with Crippen molar-refractivity contribution in [2.45, 2.75) is 34.3 Å². The van der Waals surface area contributed by atoms with Gasteiger partial charge in [-0.1, -0.05) is 12.1 Å². The minimum atomic E-state index is 0.0232. The van der Waals surface area contributed by atoms with Gasteiger partial charge in [0.05, 0.1) is 12.3 Å². The third kappa shape index (κ3) is 2.13. The molecule has 17 heavy (non-hydrogen) atoms. The van der Waals surface area contributed by atoms with E-state index in [9.17, 15) is 0 Å². The number of hydrogen-bond donors (Lipinski definition) is 1. The van der Waals surface area contributed by atoms with Crippen molar-refractivity contribution in [3.63, 3.8) is 0 Å². The molecule has 0 aliphatic rings. The molecule has 0 bridgehead atoms. The van der Waals surface area contributed by atoms with Crippen LogP contribution in [0.1, 0.15) is 26.6 Å². The topological polar surface area (TPSA) is 33.1 Å². The zero-order chi connectivity index (χ0) is 12.6. The first-order valence-electron chi connectivity index (χ1n) is 5.69. The Morgan fingerprint density at radius 2 is 1.82 bits per heavy atom. The fourth-order valence-electron chi connectivity index (χ4n) is 1.98. The Hall–Kier alpha value is -1.19. The molecule has 0 fully saturated rings. The average Bonchev–Trinajstić information content (AvgIpc) is 2.68. The van der Waals surface area contributed by atoms with Crippen LogP contribution in [0.4, 0.5) is 0 Å². The number of benzene rings is 1. The highest BCUT2D eigenvalue weighted by atomic mass is 32.1. The molecule has 0 aliphatic carbocycles. The fourth-order valence-corrected chi connectivity index (χ4v) is 2.79. The van der Waals surface area contributed by atoms with Crippen LogP contribution in [0.5, 0.6) is 0 Å². The van der Waals surface area contributed by atoms with Gasteiger partial charge in [0.2, 0.25) is 0 Å². The number of aliphatic hydroxyl groups excluding tert-OH is 1. The summed E-state index contributed by atoms with van der Waals surface area (Å²) in [6.07, 6.45) is 0. The highest BCUT2D eigenvalue weighted by Crippen LogP contribution is 2.31. The molecule has 0 unspecified atom stereocenters. The molecule has 3 heteroatoms. The summed E-state index contributed by atoms with van der Waals surface area (Å²) in [6, 6.07) is 4.26. The molecule has 1 N–H and O–H groups in total. The number of aromatic nitrogens is 1.